The molecule has 15 heteroatoms. The van der Waals surface area contributed by atoms with Crippen LogP contribution in [0.2, 0.25) is 0 Å². The number of nitrogens with one attached hydrogen (secondary N) is 1. The van der Waals surface area contributed by atoms with Gasteiger partial charge in [0.15, 0.2) is 0 Å². The van der Waals surface area contributed by atoms with Gasteiger partial charge in [0.25, 0.3) is 0 Å². The van der Waals surface area contributed by atoms with Crippen LogP contribution in [-0.4, -0.2) is 62.3 Å². The molecule has 0 aromatic heterocycles. The summed E-state index contributed by atoms with van der Waals surface area (Å²) in [6.45, 7) is 13.7. The van der Waals surface area contributed by atoms with E-state index in [4.69, 9.17) is 20.1 Å². The van der Waals surface area contributed by atoms with Gasteiger partial charge >= 0.3 is 54.9 Å². The zero-order valence-electron chi connectivity index (χ0n) is 28.6. The first-order chi connectivity index (χ1) is 19.1. The number of ketones is 1. The maximum absolute atomic E-state index is 10.9. The maximum atomic E-state index is 10.9. The molecule has 1 heterocycles. The van der Waals surface area contributed by atoms with Crippen molar-refractivity contribution in [2.75, 3.05) is 0 Å². The average molecular weight is 645 g/mol. The Kier molecular flexibility index (Phi) is 33.8. The van der Waals surface area contributed by atoms with E-state index in [-0.39, 0.29) is 91.1 Å². The fourth-order valence-electron chi connectivity index (χ4n) is 4.65. The fraction of sp³-hybridized carbons (Fsp3) is 0.759. The van der Waals surface area contributed by atoms with Crippen LogP contribution in [0.25, 0.3) is 0 Å². The Labute approximate surface area is 284 Å². The van der Waals surface area contributed by atoms with Crippen LogP contribution >= 0.6 is 0 Å². The van der Waals surface area contributed by atoms with E-state index in [9.17, 15) is 28.8 Å². The van der Waals surface area contributed by atoms with Gasteiger partial charge in [0.05, 0.1) is 0 Å². The number of imide groups is 1. The molecular formula is C29H55N3NaO11+. The topological polar surface area (TPSA) is 274 Å². The van der Waals surface area contributed by atoms with Crippen molar-refractivity contribution in [3.63, 3.8) is 0 Å². The maximum Gasteiger partial charge on any atom is 1.00 e. The number of Topliss-reactive ketones (excluding diaryl/α,β-unsaturated/α-hetero) is 1. The largest absolute Gasteiger partial charge is 1.00 e. The molecule has 0 spiro atoms. The molecule has 44 heavy (non-hydrogen) atoms. The summed E-state index contributed by atoms with van der Waals surface area (Å²) >= 11 is 0. The smallest absolute Gasteiger partial charge is 0.870 e. The summed E-state index contributed by atoms with van der Waals surface area (Å²) in [5.41, 5.74) is 8.50. The minimum Gasteiger partial charge on any atom is -0.870 e. The van der Waals surface area contributed by atoms with Crippen molar-refractivity contribution in [3.05, 3.63) is 0 Å². The van der Waals surface area contributed by atoms with Gasteiger partial charge in [-0.25, -0.2) is 4.79 Å². The Hall–Kier alpha value is -2.55. The van der Waals surface area contributed by atoms with E-state index in [1.165, 1.54) is 6.92 Å². The average Bonchev–Trinajstić information content (AvgIpc) is 2.69. The molecule has 1 aliphatic rings. The monoisotopic (exact) mass is 644 g/mol. The molecule has 1 aliphatic heterocycles. The Morgan fingerprint density at radius 1 is 0.727 bits per heavy atom. The van der Waals surface area contributed by atoms with Crippen LogP contribution in [0, 0.1) is 35.5 Å². The van der Waals surface area contributed by atoms with Gasteiger partial charge in [-0.15, -0.1) is 0 Å². The van der Waals surface area contributed by atoms with Crippen LogP contribution in [0.5, 0.6) is 0 Å². The molecular weight excluding hydrogens is 589 g/mol. The summed E-state index contributed by atoms with van der Waals surface area (Å²) in [4.78, 5) is 72.9. The van der Waals surface area contributed by atoms with Crippen molar-refractivity contribution >= 4 is 41.5 Å². The van der Waals surface area contributed by atoms with Crippen molar-refractivity contribution in [1.29, 1.82) is 0 Å². The molecule has 1 atom stereocenters. The molecule has 252 valence electrons. The van der Waals surface area contributed by atoms with Crippen LogP contribution in [0.3, 0.4) is 0 Å². The number of amides is 4. The van der Waals surface area contributed by atoms with Crippen molar-refractivity contribution in [3.8, 4) is 0 Å². The zero-order valence-corrected chi connectivity index (χ0v) is 29.6. The number of carboxylic acid groups (broad SMARTS) is 3. The third-order valence-corrected chi connectivity index (χ3v) is 5.61. The van der Waals surface area contributed by atoms with Crippen molar-refractivity contribution in [1.82, 2.24) is 5.32 Å². The number of hydrogen-bond acceptors (Lipinski definition) is 8. The summed E-state index contributed by atoms with van der Waals surface area (Å²) in [5, 5.41) is 27.9. The number of carbonyl (C=O) groups excluding carboxylic acids is 4. The number of carboxylic acids is 3. The van der Waals surface area contributed by atoms with Gasteiger partial charge in [-0.05, 0) is 61.7 Å². The van der Waals surface area contributed by atoms with Gasteiger partial charge < -0.3 is 37.1 Å². The number of primary amides is 2. The molecule has 0 aromatic rings. The Morgan fingerprint density at radius 2 is 1.02 bits per heavy atom. The summed E-state index contributed by atoms with van der Waals surface area (Å²) in [7, 11) is 0. The summed E-state index contributed by atoms with van der Waals surface area (Å²) < 4.78 is 0. The summed E-state index contributed by atoms with van der Waals surface area (Å²) in [6, 6.07) is -0.833. The molecule has 0 aliphatic carbocycles. The molecule has 1 fully saturated rings. The van der Waals surface area contributed by atoms with Gasteiger partial charge in [-0.1, -0.05) is 41.5 Å². The number of piperidine rings is 1. The first kappa shape index (κ1) is 51.0. The van der Waals surface area contributed by atoms with Crippen LogP contribution in [-0.2, 0) is 28.8 Å². The van der Waals surface area contributed by atoms with E-state index >= 15 is 0 Å². The predicted octanol–water partition coefficient (Wildman–Crippen LogP) is 0.749. The molecule has 0 radical (unpaired) electrons. The third kappa shape index (κ3) is 41.6. The predicted molar refractivity (Wildman–Crippen MR) is 160 cm³/mol. The van der Waals surface area contributed by atoms with Gasteiger partial charge in [0, 0.05) is 38.5 Å². The number of urea groups is 1. The third-order valence-electron chi connectivity index (χ3n) is 5.61. The first-order valence-corrected chi connectivity index (χ1v) is 14.2. The second kappa shape index (κ2) is 29.2. The van der Waals surface area contributed by atoms with Crippen molar-refractivity contribution in [2.24, 2.45) is 47.0 Å². The van der Waals surface area contributed by atoms with E-state index in [1.807, 2.05) is 27.7 Å². The summed E-state index contributed by atoms with van der Waals surface area (Å²) in [6.07, 6.45) is 3.87. The SMILES string of the molecule is CC(=O)CC(CC(=O)O)CC(C)C.CC(C)CC(CC(=O)O)CC(=O)O.CC(C)CC1CC(=O)NC(=O)C1.NC(N)=O.[H+].[Na+].[OH-]. The first-order valence-electron chi connectivity index (χ1n) is 14.2. The van der Waals surface area contributed by atoms with E-state index in [0.29, 0.717) is 43.4 Å². The molecule has 1 rings (SSSR count). The number of nitrogens with two attached hydrogens (primary N) is 2. The standard InChI is InChI=1S/C10H18O3.C9H15NO2.C9H16O4.CH4N2O.Na.H2O/c1-7(2)4-9(5-8(3)11)6-10(12)13;1-6(2)3-7-4-8(11)10-9(12)5-7;1-6(2)3-7(4-8(10)11)5-9(12)13;2-1(3)4;;/h7,9H,4-6H2,1-3H3,(H,12,13);6-7H,3-5H2,1-2H3,(H,10,11,12);6-7H,3-5H2,1-2H3,(H,10,11)(H,12,13);(H4,2,3,4);;1H2/q;;;;+1;. The van der Waals surface area contributed by atoms with E-state index < -0.39 is 23.9 Å². The van der Waals surface area contributed by atoms with E-state index in [0.717, 1.165) is 12.8 Å². The number of hydrogen-bond donors (Lipinski definition) is 6. The van der Waals surface area contributed by atoms with Gasteiger partial charge in [-0.2, -0.15) is 0 Å². The van der Waals surface area contributed by atoms with Gasteiger partial charge in [-0.3, -0.25) is 29.3 Å². The molecule has 14 nitrogen and oxygen atoms in total. The Bertz CT molecular complexity index is 794. The van der Waals surface area contributed by atoms with Gasteiger partial charge in [0.2, 0.25) is 11.8 Å². The zero-order chi connectivity index (χ0) is 33.6. The minimum absolute atomic E-state index is 0. The van der Waals surface area contributed by atoms with Gasteiger partial charge in [0.1, 0.15) is 5.78 Å². The molecule has 4 amide bonds. The molecule has 1 saturated heterocycles. The fourth-order valence-corrected chi connectivity index (χ4v) is 4.65. The Morgan fingerprint density at radius 3 is 1.25 bits per heavy atom. The van der Waals surface area contributed by atoms with Crippen LogP contribution in [0.4, 0.5) is 4.79 Å². The Balaban J connectivity index is -0.000000116. The van der Waals surface area contributed by atoms with E-state index in [1.54, 1.807) is 0 Å². The number of carbonyl (C=O) groups is 7. The van der Waals surface area contributed by atoms with E-state index in [2.05, 4.69) is 30.6 Å². The molecule has 0 aromatic carbocycles. The molecule has 9 N–H and O–H groups in total. The van der Waals surface area contributed by atoms with Crippen molar-refractivity contribution < 1.29 is 85.3 Å². The van der Waals surface area contributed by atoms with Crippen LogP contribution < -0.4 is 46.3 Å². The van der Waals surface area contributed by atoms with Crippen LogP contribution in [0.1, 0.15) is 108 Å². The number of aliphatic carboxylic acids is 3. The second-order valence-corrected chi connectivity index (χ2v) is 12.0. The molecule has 1 unspecified atom stereocenters. The quantitative estimate of drug-likeness (QED) is 0.113. The summed E-state index contributed by atoms with van der Waals surface area (Å²) in [5.74, 6) is -1.43. The second-order valence-electron chi connectivity index (χ2n) is 12.0. The molecule has 0 saturated carbocycles. The van der Waals surface area contributed by atoms with Crippen molar-refractivity contribution in [2.45, 2.75) is 106 Å². The molecule has 0 bridgehead atoms. The normalized spacial score (nSPS) is 13.0. The number of rotatable bonds is 14. The van der Waals surface area contributed by atoms with Crippen LogP contribution in [0.15, 0.2) is 0 Å². The minimum atomic E-state index is -0.924.